The molecule has 0 bridgehead atoms. The van der Waals surface area contributed by atoms with Crippen molar-refractivity contribution in [2.75, 3.05) is 18.0 Å². The van der Waals surface area contributed by atoms with Gasteiger partial charge in [0.25, 0.3) is 5.56 Å². The Morgan fingerprint density at radius 2 is 1.88 bits per heavy atom. The Bertz CT molecular complexity index is 911. The molecule has 1 saturated heterocycles. The molecule has 0 aliphatic carbocycles. The van der Waals surface area contributed by atoms with Crippen LogP contribution < -0.4 is 10.5 Å². The summed E-state index contributed by atoms with van der Waals surface area (Å²) in [4.78, 5) is 24.0. The Kier molecular flexibility index (Phi) is 4.57. The average Bonchev–Trinajstić information content (AvgIpc) is 2.76. The summed E-state index contributed by atoms with van der Waals surface area (Å²) in [5.41, 5.74) is 0.695. The van der Waals surface area contributed by atoms with E-state index in [1.165, 1.54) is 17.4 Å². The number of fused-ring (bicyclic) bond motifs is 1. The summed E-state index contributed by atoms with van der Waals surface area (Å²) in [6.45, 7) is 4.08. The lowest BCUT2D eigenvalue weighted by Gasteiger charge is -2.21. The van der Waals surface area contributed by atoms with Gasteiger partial charge in [0.15, 0.2) is 17.0 Å². The molecule has 0 aromatic carbocycles. The van der Waals surface area contributed by atoms with Crippen molar-refractivity contribution in [2.45, 2.75) is 39.2 Å². The smallest absolute Gasteiger partial charge is 0.280 e. The van der Waals surface area contributed by atoms with Crippen molar-refractivity contribution in [1.29, 1.82) is 0 Å². The molecule has 24 heavy (non-hydrogen) atoms. The first-order valence-electron chi connectivity index (χ1n) is 8.25. The summed E-state index contributed by atoms with van der Waals surface area (Å²) < 4.78 is 3.28. The van der Waals surface area contributed by atoms with Gasteiger partial charge in [0, 0.05) is 20.1 Å². The first-order valence-corrected chi connectivity index (χ1v) is 8.25. The van der Waals surface area contributed by atoms with Crippen LogP contribution in [0.15, 0.2) is 4.79 Å². The van der Waals surface area contributed by atoms with Crippen LogP contribution in [0.25, 0.3) is 11.2 Å². The topological polar surface area (TPSA) is 56.0 Å². The van der Waals surface area contributed by atoms with Gasteiger partial charge in [-0.3, -0.25) is 13.9 Å². The lowest BCUT2D eigenvalue weighted by molar-refractivity contribution is 0.724. The number of hydrogen-bond donors (Lipinski definition) is 0. The molecule has 1 fully saturated rings. The van der Waals surface area contributed by atoms with Gasteiger partial charge in [-0.1, -0.05) is 18.8 Å². The first-order chi connectivity index (χ1) is 11.7. The maximum atomic E-state index is 12.8. The number of hydrogen-bond acceptors (Lipinski definition) is 4. The van der Waals surface area contributed by atoms with Crippen LogP contribution in [0, 0.1) is 24.2 Å². The minimum absolute atomic E-state index is 0.181. The van der Waals surface area contributed by atoms with Gasteiger partial charge in [0.2, 0.25) is 5.95 Å². The Balaban J connectivity index is 2.23. The summed E-state index contributed by atoms with van der Waals surface area (Å²) in [7, 11) is 1.64. The van der Waals surface area contributed by atoms with Gasteiger partial charge in [0.1, 0.15) is 0 Å². The van der Waals surface area contributed by atoms with Gasteiger partial charge < -0.3 is 4.90 Å². The van der Waals surface area contributed by atoms with E-state index < -0.39 is 0 Å². The molecule has 2 aromatic rings. The van der Waals surface area contributed by atoms with E-state index in [9.17, 15) is 4.79 Å². The molecule has 0 N–H and O–H groups in total. The zero-order chi connectivity index (χ0) is 17.1. The molecule has 1 aliphatic rings. The molecule has 2 aromatic heterocycles. The van der Waals surface area contributed by atoms with Crippen LogP contribution >= 0.6 is 0 Å². The van der Waals surface area contributed by atoms with Crippen molar-refractivity contribution in [3.05, 3.63) is 16.2 Å². The van der Waals surface area contributed by atoms with E-state index in [-0.39, 0.29) is 5.56 Å². The Hall–Kier alpha value is -2.73. The second-order valence-electron chi connectivity index (χ2n) is 5.94. The fourth-order valence-corrected chi connectivity index (χ4v) is 3.10. The molecule has 124 valence electrons. The van der Waals surface area contributed by atoms with Gasteiger partial charge in [-0.25, -0.2) is 4.98 Å². The molecule has 6 nitrogen and oxygen atoms in total. The van der Waals surface area contributed by atoms with Crippen molar-refractivity contribution < 1.29 is 0 Å². The summed E-state index contributed by atoms with van der Waals surface area (Å²) in [6.07, 6.45) is 10.2. The second kappa shape index (κ2) is 6.80. The van der Waals surface area contributed by atoms with Crippen LogP contribution in [0.1, 0.15) is 38.4 Å². The molecule has 1 aliphatic heterocycles. The quantitative estimate of drug-likeness (QED) is 0.786. The lowest BCUT2D eigenvalue weighted by Crippen LogP contribution is -2.28. The normalized spacial score (nSPS) is 14.8. The highest BCUT2D eigenvalue weighted by molar-refractivity contribution is 5.74. The fourth-order valence-electron chi connectivity index (χ4n) is 3.10. The first kappa shape index (κ1) is 16.1. The highest BCUT2D eigenvalue weighted by atomic mass is 16.1. The van der Waals surface area contributed by atoms with Crippen molar-refractivity contribution >= 4 is 17.1 Å². The molecule has 6 heteroatoms. The SMILES string of the molecule is C#Cc1nc2nc(N3CCCCCC3)n(CC#CC)c2c(=O)n1C. The van der Waals surface area contributed by atoms with E-state index in [1.54, 1.807) is 14.0 Å². The van der Waals surface area contributed by atoms with Crippen LogP contribution in [0.5, 0.6) is 0 Å². The predicted molar refractivity (Wildman–Crippen MR) is 94.8 cm³/mol. The van der Waals surface area contributed by atoms with Crippen molar-refractivity contribution in [2.24, 2.45) is 7.05 Å². The van der Waals surface area contributed by atoms with Crippen LogP contribution in [0.3, 0.4) is 0 Å². The molecular formula is C18H21N5O. The summed E-state index contributed by atoms with van der Waals surface area (Å²) in [6, 6.07) is 0. The maximum absolute atomic E-state index is 12.8. The summed E-state index contributed by atoms with van der Waals surface area (Å²) >= 11 is 0. The van der Waals surface area contributed by atoms with Crippen LogP contribution in [0.4, 0.5) is 5.95 Å². The van der Waals surface area contributed by atoms with Gasteiger partial charge in [-0.15, -0.1) is 12.3 Å². The molecule has 3 rings (SSSR count). The molecule has 0 unspecified atom stereocenters. The van der Waals surface area contributed by atoms with Crippen LogP contribution in [-0.4, -0.2) is 32.2 Å². The van der Waals surface area contributed by atoms with Crippen LogP contribution in [0.2, 0.25) is 0 Å². The summed E-state index contributed by atoms with van der Waals surface area (Å²) in [5, 5.41) is 0. The Morgan fingerprint density at radius 1 is 1.17 bits per heavy atom. The van der Waals surface area contributed by atoms with E-state index in [0.29, 0.717) is 23.5 Å². The maximum Gasteiger partial charge on any atom is 0.280 e. The fraction of sp³-hybridized carbons (Fsp3) is 0.500. The molecule has 0 radical (unpaired) electrons. The highest BCUT2D eigenvalue weighted by Gasteiger charge is 2.22. The molecule has 3 heterocycles. The molecule has 0 saturated carbocycles. The van der Waals surface area contributed by atoms with Crippen LogP contribution in [-0.2, 0) is 13.6 Å². The predicted octanol–water partition coefficient (Wildman–Crippen LogP) is 1.51. The monoisotopic (exact) mass is 323 g/mol. The number of imidazole rings is 1. The number of anilines is 1. The molecular weight excluding hydrogens is 302 g/mol. The van der Waals surface area contributed by atoms with Crippen molar-refractivity contribution in [3.8, 4) is 24.2 Å². The van der Waals surface area contributed by atoms with Gasteiger partial charge in [-0.2, -0.15) is 4.98 Å². The standard InChI is InChI=1S/C18H21N5O/c1-4-6-13-23-15-16(19-14(5-2)21(3)17(15)24)20-18(23)22-11-9-7-8-10-12-22/h2H,7-13H2,1,3H3. The highest BCUT2D eigenvalue weighted by Crippen LogP contribution is 2.22. The van der Waals surface area contributed by atoms with Crippen molar-refractivity contribution in [1.82, 2.24) is 19.1 Å². The molecule has 0 atom stereocenters. The third kappa shape index (κ3) is 2.76. The number of nitrogens with zero attached hydrogens (tertiary/aromatic N) is 5. The van der Waals surface area contributed by atoms with E-state index in [4.69, 9.17) is 6.42 Å². The molecule has 0 amide bonds. The third-order valence-electron chi connectivity index (χ3n) is 4.40. The number of aromatic nitrogens is 4. The van der Waals surface area contributed by atoms with Crippen molar-refractivity contribution in [3.63, 3.8) is 0 Å². The summed E-state index contributed by atoms with van der Waals surface area (Å²) in [5.74, 6) is 9.45. The largest absolute Gasteiger partial charge is 0.342 e. The minimum Gasteiger partial charge on any atom is -0.342 e. The number of rotatable bonds is 2. The Morgan fingerprint density at radius 3 is 2.50 bits per heavy atom. The molecule has 0 spiro atoms. The lowest BCUT2D eigenvalue weighted by atomic mass is 10.2. The third-order valence-corrected chi connectivity index (χ3v) is 4.40. The zero-order valence-corrected chi connectivity index (χ0v) is 14.2. The van der Waals surface area contributed by atoms with E-state index >= 15 is 0 Å². The average molecular weight is 323 g/mol. The number of terminal acetylenes is 1. The second-order valence-corrected chi connectivity index (χ2v) is 5.94. The van der Waals surface area contributed by atoms with Gasteiger partial charge in [-0.05, 0) is 25.7 Å². The van der Waals surface area contributed by atoms with E-state index in [2.05, 4.69) is 32.6 Å². The van der Waals surface area contributed by atoms with Gasteiger partial charge >= 0.3 is 0 Å². The van der Waals surface area contributed by atoms with E-state index in [0.717, 1.165) is 31.9 Å². The Labute approximate surface area is 141 Å². The van der Waals surface area contributed by atoms with Gasteiger partial charge in [0.05, 0.1) is 6.54 Å². The van der Waals surface area contributed by atoms with E-state index in [1.807, 2.05) is 4.57 Å². The zero-order valence-electron chi connectivity index (χ0n) is 14.2. The minimum atomic E-state index is -0.181.